The maximum atomic E-state index is 6.32. The van der Waals surface area contributed by atoms with E-state index in [1.165, 1.54) is 64.7 Å². The number of benzene rings is 10. The molecule has 3 heteroatoms. The van der Waals surface area contributed by atoms with Crippen molar-refractivity contribution in [1.29, 1.82) is 0 Å². The van der Waals surface area contributed by atoms with Crippen LogP contribution in [-0.4, -0.2) is 0 Å². The van der Waals surface area contributed by atoms with E-state index in [4.69, 9.17) is 4.42 Å². The highest BCUT2D eigenvalue weighted by atomic mass is 32.1. The van der Waals surface area contributed by atoms with Crippen LogP contribution < -0.4 is 4.90 Å². The van der Waals surface area contributed by atoms with Crippen LogP contribution in [-0.2, 0) is 5.41 Å². The molecule has 0 saturated carbocycles. The zero-order valence-electron chi connectivity index (χ0n) is 34.8. The van der Waals surface area contributed by atoms with Gasteiger partial charge in [0.05, 0.1) is 11.1 Å². The number of furan rings is 1. The minimum absolute atomic E-state index is 0.521. The van der Waals surface area contributed by atoms with Gasteiger partial charge in [-0.2, -0.15) is 0 Å². The summed E-state index contributed by atoms with van der Waals surface area (Å²) in [6, 6.07) is 86.7. The first-order valence-corrected chi connectivity index (χ1v) is 22.7. The molecule has 0 N–H and O–H groups in total. The van der Waals surface area contributed by atoms with E-state index in [1.54, 1.807) is 0 Å². The molecule has 1 aliphatic rings. The van der Waals surface area contributed by atoms with E-state index in [0.717, 1.165) is 50.1 Å². The average Bonchev–Trinajstić information content (AvgIpc) is 4.04. The molecule has 300 valence electrons. The molecule has 64 heavy (non-hydrogen) atoms. The molecule has 0 unspecified atom stereocenters. The summed E-state index contributed by atoms with van der Waals surface area (Å²) in [5, 5.41) is 4.87. The lowest BCUT2D eigenvalue weighted by Gasteiger charge is -2.34. The summed E-state index contributed by atoms with van der Waals surface area (Å²) in [4.78, 5) is 2.47. The fourth-order valence-electron chi connectivity index (χ4n) is 10.6. The van der Waals surface area contributed by atoms with E-state index in [1.807, 2.05) is 17.4 Å². The van der Waals surface area contributed by atoms with Crippen LogP contribution in [0.2, 0.25) is 0 Å². The van der Waals surface area contributed by atoms with Crippen molar-refractivity contribution in [1.82, 2.24) is 0 Å². The summed E-state index contributed by atoms with van der Waals surface area (Å²) in [6.45, 7) is 0. The highest BCUT2D eigenvalue weighted by molar-refractivity contribution is 7.25. The summed E-state index contributed by atoms with van der Waals surface area (Å²) in [5.74, 6) is 0. The van der Waals surface area contributed by atoms with Gasteiger partial charge in [-0.3, -0.25) is 0 Å². The molecule has 2 heterocycles. The van der Waals surface area contributed by atoms with Crippen LogP contribution in [0.3, 0.4) is 0 Å². The Hall–Kier alpha value is -7.98. The van der Waals surface area contributed by atoms with E-state index in [2.05, 4.69) is 235 Å². The van der Waals surface area contributed by atoms with Gasteiger partial charge in [0.2, 0.25) is 0 Å². The second-order valence-corrected chi connectivity index (χ2v) is 17.8. The molecule has 0 atom stereocenters. The lowest BCUT2D eigenvalue weighted by Crippen LogP contribution is -2.28. The number of fused-ring (bicyclic) bond motifs is 9. The Labute approximate surface area is 375 Å². The molecule has 2 aromatic heterocycles. The highest BCUT2D eigenvalue weighted by Crippen LogP contribution is 2.59. The van der Waals surface area contributed by atoms with Crippen molar-refractivity contribution < 1.29 is 4.42 Å². The number of anilines is 3. The van der Waals surface area contributed by atoms with Crippen molar-refractivity contribution in [3.8, 4) is 33.4 Å². The lowest BCUT2D eigenvalue weighted by molar-refractivity contribution is 0.669. The third kappa shape index (κ3) is 5.51. The fraction of sp³-hybridized carbons (Fsp3) is 0.0164. The Morgan fingerprint density at radius 3 is 1.81 bits per heavy atom. The van der Waals surface area contributed by atoms with Crippen LogP contribution in [0, 0.1) is 0 Å². The zero-order chi connectivity index (χ0) is 42.2. The van der Waals surface area contributed by atoms with Gasteiger partial charge < -0.3 is 9.32 Å². The smallest absolute Gasteiger partial charge is 0.136 e. The fourth-order valence-corrected chi connectivity index (χ4v) is 11.7. The van der Waals surface area contributed by atoms with E-state index >= 15 is 0 Å². The second-order valence-electron chi connectivity index (χ2n) is 16.7. The monoisotopic (exact) mass is 833 g/mol. The van der Waals surface area contributed by atoms with E-state index in [9.17, 15) is 0 Å². The van der Waals surface area contributed by atoms with Crippen molar-refractivity contribution in [3.05, 3.63) is 259 Å². The maximum Gasteiger partial charge on any atom is 0.136 e. The third-order valence-corrected chi connectivity index (χ3v) is 14.5. The van der Waals surface area contributed by atoms with Gasteiger partial charge in [-0.15, -0.1) is 11.3 Å². The van der Waals surface area contributed by atoms with Crippen LogP contribution in [0.25, 0.3) is 75.5 Å². The van der Waals surface area contributed by atoms with Gasteiger partial charge >= 0.3 is 0 Å². The van der Waals surface area contributed by atoms with Gasteiger partial charge in [-0.25, -0.2) is 0 Å². The molecule has 0 fully saturated rings. The van der Waals surface area contributed by atoms with Gasteiger partial charge in [-0.1, -0.05) is 176 Å². The summed E-state index contributed by atoms with van der Waals surface area (Å²) in [5.41, 5.74) is 16.8. The van der Waals surface area contributed by atoms with Crippen LogP contribution in [0.1, 0.15) is 22.3 Å². The zero-order valence-corrected chi connectivity index (χ0v) is 35.6. The number of hydrogen-bond acceptors (Lipinski definition) is 3. The Morgan fingerprint density at radius 1 is 0.375 bits per heavy atom. The largest absolute Gasteiger partial charge is 0.456 e. The highest BCUT2D eigenvalue weighted by Gasteiger charge is 2.47. The van der Waals surface area contributed by atoms with Gasteiger partial charge in [-0.05, 0) is 111 Å². The topological polar surface area (TPSA) is 16.4 Å². The van der Waals surface area contributed by atoms with Gasteiger partial charge in [0, 0.05) is 47.9 Å². The SMILES string of the molecule is c1ccc(C2(c3ccccc3)c3ccccc3-c3c(N(c4ccc(-c5cccc6oc7ccccc7c56)cc4)c4cccc(-c5ccc6sc7ccccc7c6c5)c4)cccc32)cc1. The van der Waals surface area contributed by atoms with Crippen molar-refractivity contribution in [2.24, 2.45) is 0 Å². The van der Waals surface area contributed by atoms with Gasteiger partial charge in [0.1, 0.15) is 11.2 Å². The summed E-state index contributed by atoms with van der Waals surface area (Å²) >= 11 is 1.86. The normalized spacial score (nSPS) is 12.8. The standard InChI is InChI=1S/C61H39NOS/c1-3-17-43(18-4-1)61(44-19-5-2-6-20-44)52-26-10-7-23-49(52)60-53(61)27-15-28-54(60)62(45-35-32-40(33-36-45)47-25-14-30-56-59(47)50-24-8-11-29-55(50)63-56)46-21-13-16-41(38-46)42-34-37-58-51(39-42)48-22-9-12-31-57(48)64-58/h1-39H. The van der Waals surface area contributed by atoms with Crippen LogP contribution in [0.5, 0.6) is 0 Å². The molecule has 1 aliphatic carbocycles. The van der Waals surface area contributed by atoms with Crippen LogP contribution in [0.4, 0.5) is 17.1 Å². The molecule has 0 spiro atoms. The summed E-state index contributed by atoms with van der Waals surface area (Å²) < 4.78 is 8.95. The molecule has 0 aliphatic heterocycles. The van der Waals surface area contributed by atoms with E-state index < -0.39 is 5.41 Å². The molecule has 10 aromatic carbocycles. The van der Waals surface area contributed by atoms with Crippen LogP contribution >= 0.6 is 11.3 Å². The maximum absolute atomic E-state index is 6.32. The second kappa shape index (κ2) is 14.6. The molecule has 12 aromatic rings. The minimum Gasteiger partial charge on any atom is -0.456 e. The minimum atomic E-state index is -0.521. The Morgan fingerprint density at radius 2 is 0.984 bits per heavy atom. The van der Waals surface area contributed by atoms with Gasteiger partial charge in [0.25, 0.3) is 0 Å². The molecular weight excluding hydrogens is 795 g/mol. The number of thiophene rings is 1. The first-order chi connectivity index (χ1) is 31.7. The number of nitrogens with zero attached hydrogens (tertiary/aromatic N) is 1. The molecule has 0 amide bonds. The molecule has 0 radical (unpaired) electrons. The summed E-state index contributed by atoms with van der Waals surface area (Å²) in [7, 11) is 0. The predicted octanol–water partition coefficient (Wildman–Crippen LogP) is 17.1. The van der Waals surface area contributed by atoms with Crippen molar-refractivity contribution in [3.63, 3.8) is 0 Å². The molecule has 13 rings (SSSR count). The first-order valence-electron chi connectivity index (χ1n) is 21.9. The first kappa shape index (κ1) is 36.7. The molecular formula is C61H39NOS. The predicted molar refractivity (Wildman–Crippen MR) is 269 cm³/mol. The van der Waals surface area contributed by atoms with Crippen molar-refractivity contribution in [2.75, 3.05) is 4.90 Å². The Kier molecular flexibility index (Phi) is 8.34. The van der Waals surface area contributed by atoms with E-state index in [0.29, 0.717) is 0 Å². The van der Waals surface area contributed by atoms with Crippen LogP contribution in [0.15, 0.2) is 241 Å². The summed E-state index contributed by atoms with van der Waals surface area (Å²) in [6.07, 6.45) is 0. The van der Waals surface area contributed by atoms with E-state index in [-0.39, 0.29) is 0 Å². The van der Waals surface area contributed by atoms with Gasteiger partial charge in [0.15, 0.2) is 0 Å². The number of rotatable bonds is 7. The lowest BCUT2D eigenvalue weighted by atomic mass is 9.68. The number of para-hydroxylation sites is 1. The van der Waals surface area contributed by atoms with Crippen molar-refractivity contribution in [2.45, 2.75) is 5.41 Å². The Balaban J connectivity index is 1.04. The molecule has 2 nitrogen and oxygen atoms in total. The Bertz CT molecular complexity index is 3690. The third-order valence-electron chi connectivity index (χ3n) is 13.4. The quantitative estimate of drug-likeness (QED) is 0.159. The van der Waals surface area contributed by atoms with Crippen molar-refractivity contribution >= 4 is 70.5 Å². The average molecular weight is 834 g/mol. The number of hydrogen-bond donors (Lipinski definition) is 0. The molecule has 0 saturated heterocycles. The molecule has 0 bridgehead atoms.